The molecule has 0 saturated carbocycles. The van der Waals surface area contributed by atoms with Crippen molar-refractivity contribution in [2.24, 2.45) is 5.73 Å². The van der Waals surface area contributed by atoms with E-state index in [1.54, 1.807) is 0 Å². The second-order valence-electron chi connectivity index (χ2n) is 8.41. The average Bonchev–Trinajstić information content (AvgIpc) is 2.91. The number of esters is 2. The second-order valence-corrected chi connectivity index (χ2v) is 8.41. The van der Waals surface area contributed by atoms with Crippen LogP contribution in [0.1, 0.15) is 44.6 Å². The van der Waals surface area contributed by atoms with Crippen LogP contribution in [0, 0.1) is 0 Å². The lowest BCUT2D eigenvalue weighted by Gasteiger charge is -2.19. The number of ether oxygens (including phenoxy) is 5. The molecule has 0 aliphatic heterocycles. The van der Waals surface area contributed by atoms with Crippen LogP contribution in [0.3, 0.4) is 0 Å². The second kappa shape index (κ2) is 19.7. The van der Waals surface area contributed by atoms with Gasteiger partial charge in [0.1, 0.15) is 31.0 Å². The largest absolute Gasteiger partial charge is 0.491 e. The number of alkyl carbamates (subject to hydrolysis) is 1. The standard InChI is InChI=1S/C26H41N3O9/c1-19(30)28-22(24(31)34-2)8-6-9-23(25(32)35-3)29-26(33)38-18-16-36-15-17-37-21-12-10-20(11-13-21)7-4-5-14-27/h10-13,22-23H,4-9,14-18,27H2,1-3H3,(H,28,30)(H,29,33). The molecule has 4 N–H and O–H groups in total. The number of carbonyl (C=O) groups is 4. The number of nitrogens with one attached hydrogen (secondary N) is 2. The molecule has 0 aliphatic rings. The molecule has 0 radical (unpaired) electrons. The molecule has 2 unspecified atom stereocenters. The zero-order chi connectivity index (χ0) is 28.2. The lowest BCUT2D eigenvalue weighted by atomic mass is 10.1. The van der Waals surface area contributed by atoms with Crippen molar-refractivity contribution < 1.29 is 42.9 Å². The Bertz CT molecular complexity index is 849. The van der Waals surface area contributed by atoms with Crippen LogP contribution in [0.4, 0.5) is 4.79 Å². The lowest BCUT2D eigenvalue weighted by Crippen LogP contribution is -2.43. The summed E-state index contributed by atoms with van der Waals surface area (Å²) in [6, 6.07) is 6.05. The van der Waals surface area contributed by atoms with Crippen molar-refractivity contribution in [2.45, 2.75) is 57.5 Å². The van der Waals surface area contributed by atoms with Crippen LogP contribution in [-0.2, 0) is 39.8 Å². The van der Waals surface area contributed by atoms with Crippen LogP contribution in [0.5, 0.6) is 5.75 Å². The number of aryl methyl sites for hydroxylation is 1. The summed E-state index contributed by atoms with van der Waals surface area (Å²) < 4.78 is 25.5. The van der Waals surface area contributed by atoms with Crippen molar-refractivity contribution in [2.75, 3.05) is 47.2 Å². The van der Waals surface area contributed by atoms with E-state index in [4.69, 9.17) is 24.7 Å². The normalized spacial score (nSPS) is 12.1. The van der Waals surface area contributed by atoms with E-state index in [2.05, 4.69) is 15.4 Å². The molecule has 2 amide bonds. The van der Waals surface area contributed by atoms with Crippen molar-refractivity contribution in [3.63, 3.8) is 0 Å². The SMILES string of the molecule is COC(=O)C(CCCC(NC(=O)OCCOCCOc1ccc(CCCCN)cc1)C(=O)OC)NC(C)=O. The minimum absolute atomic E-state index is 0.0236. The molecule has 0 aliphatic carbocycles. The molecule has 12 nitrogen and oxygen atoms in total. The number of methoxy groups -OCH3 is 2. The van der Waals surface area contributed by atoms with Gasteiger partial charge in [-0.25, -0.2) is 14.4 Å². The van der Waals surface area contributed by atoms with E-state index in [0.29, 0.717) is 26.2 Å². The molecular weight excluding hydrogens is 498 g/mol. The highest BCUT2D eigenvalue weighted by Gasteiger charge is 2.25. The number of unbranched alkanes of at least 4 members (excludes halogenated alkanes) is 1. The van der Waals surface area contributed by atoms with Gasteiger partial charge in [0.05, 0.1) is 27.4 Å². The summed E-state index contributed by atoms with van der Waals surface area (Å²) in [7, 11) is 2.41. The molecular formula is C26H41N3O9. The van der Waals surface area contributed by atoms with Crippen LogP contribution in [-0.4, -0.2) is 83.2 Å². The minimum atomic E-state index is -0.982. The molecule has 0 aromatic heterocycles. The number of hydrogen-bond donors (Lipinski definition) is 3. The van der Waals surface area contributed by atoms with E-state index < -0.39 is 30.1 Å². The fourth-order valence-corrected chi connectivity index (χ4v) is 3.48. The zero-order valence-corrected chi connectivity index (χ0v) is 22.5. The number of amides is 2. The third kappa shape index (κ3) is 14.4. The first-order chi connectivity index (χ1) is 18.3. The number of carbonyl (C=O) groups excluding carboxylic acids is 4. The quantitative estimate of drug-likeness (QED) is 0.133. The molecule has 1 aromatic rings. The minimum Gasteiger partial charge on any atom is -0.491 e. The number of hydrogen-bond acceptors (Lipinski definition) is 10. The van der Waals surface area contributed by atoms with Gasteiger partial charge in [-0.15, -0.1) is 0 Å². The average molecular weight is 540 g/mol. The lowest BCUT2D eigenvalue weighted by molar-refractivity contribution is -0.145. The van der Waals surface area contributed by atoms with Crippen LogP contribution in [0.25, 0.3) is 0 Å². The van der Waals surface area contributed by atoms with Gasteiger partial charge < -0.3 is 40.1 Å². The van der Waals surface area contributed by atoms with Crippen molar-refractivity contribution in [1.29, 1.82) is 0 Å². The highest BCUT2D eigenvalue weighted by Crippen LogP contribution is 2.14. The summed E-state index contributed by atoms with van der Waals surface area (Å²) in [4.78, 5) is 47.2. The third-order valence-corrected chi connectivity index (χ3v) is 5.43. The molecule has 0 spiro atoms. The molecule has 0 bridgehead atoms. The number of benzene rings is 1. The van der Waals surface area contributed by atoms with E-state index in [1.807, 2.05) is 24.3 Å². The Balaban J connectivity index is 2.27. The van der Waals surface area contributed by atoms with Crippen molar-refractivity contribution >= 4 is 23.9 Å². The fourth-order valence-electron chi connectivity index (χ4n) is 3.48. The first-order valence-electron chi connectivity index (χ1n) is 12.7. The maximum absolute atomic E-state index is 12.1. The summed E-state index contributed by atoms with van der Waals surface area (Å²) >= 11 is 0. The van der Waals surface area contributed by atoms with Crippen molar-refractivity contribution in [3.05, 3.63) is 29.8 Å². The Hall–Kier alpha value is -3.38. The van der Waals surface area contributed by atoms with Gasteiger partial charge >= 0.3 is 18.0 Å². The van der Waals surface area contributed by atoms with Crippen molar-refractivity contribution in [3.8, 4) is 5.75 Å². The third-order valence-electron chi connectivity index (χ3n) is 5.43. The van der Waals surface area contributed by atoms with E-state index in [9.17, 15) is 19.2 Å². The van der Waals surface area contributed by atoms with Gasteiger partial charge in [-0.1, -0.05) is 12.1 Å². The fraction of sp³-hybridized carbons (Fsp3) is 0.615. The van der Waals surface area contributed by atoms with Gasteiger partial charge in [-0.2, -0.15) is 0 Å². The highest BCUT2D eigenvalue weighted by atomic mass is 16.6. The van der Waals surface area contributed by atoms with E-state index in [1.165, 1.54) is 26.7 Å². The molecule has 38 heavy (non-hydrogen) atoms. The Morgan fingerprint density at radius 3 is 2.00 bits per heavy atom. The zero-order valence-electron chi connectivity index (χ0n) is 22.5. The molecule has 0 heterocycles. The summed E-state index contributed by atoms with van der Waals surface area (Å²) in [5.41, 5.74) is 6.75. The van der Waals surface area contributed by atoms with E-state index in [0.717, 1.165) is 25.0 Å². The predicted octanol–water partition coefficient (Wildman–Crippen LogP) is 1.48. The summed E-state index contributed by atoms with van der Waals surface area (Å²) in [6.45, 7) is 2.76. The smallest absolute Gasteiger partial charge is 0.407 e. The van der Waals surface area contributed by atoms with Gasteiger partial charge in [0.15, 0.2) is 0 Å². The molecule has 2 atom stereocenters. The van der Waals surface area contributed by atoms with Crippen LogP contribution in [0.2, 0.25) is 0 Å². The Morgan fingerprint density at radius 2 is 1.42 bits per heavy atom. The maximum atomic E-state index is 12.1. The molecule has 214 valence electrons. The first kappa shape index (κ1) is 32.6. The van der Waals surface area contributed by atoms with Gasteiger partial charge in [-0.05, 0) is 62.8 Å². The Kier molecular flexibility index (Phi) is 16.9. The predicted molar refractivity (Wildman–Crippen MR) is 139 cm³/mol. The Morgan fingerprint density at radius 1 is 0.816 bits per heavy atom. The number of rotatable bonds is 19. The summed E-state index contributed by atoms with van der Waals surface area (Å²) in [5.74, 6) is -0.896. The molecule has 12 heteroatoms. The summed E-state index contributed by atoms with van der Waals surface area (Å²) in [6.07, 6.45) is 2.95. The molecule has 1 aromatic carbocycles. The summed E-state index contributed by atoms with van der Waals surface area (Å²) in [5, 5.41) is 4.93. The van der Waals surface area contributed by atoms with Gasteiger partial charge in [0.25, 0.3) is 0 Å². The van der Waals surface area contributed by atoms with Gasteiger partial charge in [-0.3, -0.25) is 4.79 Å². The highest BCUT2D eigenvalue weighted by molar-refractivity contribution is 5.83. The monoisotopic (exact) mass is 539 g/mol. The van der Waals surface area contributed by atoms with Crippen LogP contribution < -0.4 is 21.1 Å². The van der Waals surface area contributed by atoms with E-state index >= 15 is 0 Å². The molecule has 0 saturated heterocycles. The van der Waals surface area contributed by atoms with Gasteiger partial charge in [0, 0.05) is 6.92 Å². The molecule has 0 fully saturated rings. The van der Waals surface area contributed by atoms with Crippen molar-refractivity contribution in [1.82, 2.24) is 10.6 Å². The van der Waals surface area contributed by atoms with Crippen LogP contribution in [0.15, 0.2) is 24.3 Å². The Labute approximate surface area is 223 Å². The van der Waals surface area contributed by atoms with Gasteiger partial charge in [0.2, 0.25) is 5.91 Å². The first-order valence-corrected chi connectivity index (χ1v) is 12.7. The van der Waals surface area contributed by atoms with E-state index in [-0.39, 0.29) is 32.0 Å². The topological polar surface area (TPSA) is 165 Å². The van der Waals surface area contributed by atoms with Crippen LogP contribution >= 0.6 is 0 Å². The molecule has 1 rings (SSSR count). The maximum Gasteiger partial charge on any atom is 0.407 e. The number of nitrogens with two attached hydrogens (primary N) is 1.